The van der Waals surface area contributed by atoms with E-state index in [1.54, 1.807) is 28.1 Å². The Morgan fingerprint density at radius 2 is 2.21 bits per heavy atom. The van der Waals surface area contributed by atoms with Gasteiger partial charge < -0.3 is 20.3 Å². The van der Waals surface area contributed by atoms with Gasteiger partial charge >= 0.3 is 0 Å². The van der Waals surface area contributed by atoms with Gasteiger partial charge in [0.25, 0.3) is 5.56 Å². The highest BCUT2D eigenvalue weighted by atomic mass is 16.3. The fraction of sp³-hybridized carbons (Fsp3) is 0.500. The van der Waals surface area contributed by atoms with E-state index < -0.39 is 12.1 Å². The lowest BCUT2D eigenvalue weighted by Crippen LogP contribution is -2.55. The van der Waals surface area contributed by atoms with Crippen LogP contribution in [0.2, 0.25) is 0 Å². The van der Waals surface area contributed by atoms with Crippen molar-refractivity contribution < 1.29 is 14.7 Å². The van der Waals surface area contributed by atoms with Crippen molar-refractivity contribution >= 4 is 11.8 Å². The van der Waals surface area contributed by atoms with Gasteiger partial charge in [-0.2, -0.15) is 0 Å². The van der Waals surface area contributed by atoms with E-state index in [1.165, 1.54) is 13.0 Å². The average Bonchev–Trinajstić information content (AvgIpc) is 3.21. The van der Waals surface area contributed by atoms with Crippen molar-refractivity contribution in [2.45, 2.75) is 37.8 Å². The number of imidazole rings is 1. The maximum Gasteiger partial charge on any atom is 0.251 e. The molecule has 4 rings (SSSR count). The quantitative estimate of drug-likeness (QED) is 0.643. The summed E-state index contributed by atoms with van der Waals surface area (Å²) in [7, 11) is 0. The number of carbonyl (C=O) groups is 2. The third kappa shape index (κ3) is 3.69. The number of likely N-dealkylation sites (tertiary alicyclic amines) is 1. The number of hydrogen-bond donors (Lipinski definition) is 3. The second-order valence-corrected chi connectivity index (χ2v) is 7.89. The standard InChI is InChI=1S/C20H25N5O4/c1-12(27)24-8-13-5-14(9-24)19(25-17(13)3-2-4-18(25)28)20(29)23-16(10-26)6-15-7-21-11-22-15/h2-4,7,11,13-14,16,19,26H,5-6,8-10H2,1H3,(H,21,22)(H,23,29)/t13-,14+,16+,19-/m1/s1. The van der Waals surface area contributed by atoms with Crippen molar-refractivity contribution in [1.82, 2.24) is 24.8 Å². The molecule has 4 heterocycles. The Labute approximate surface area is 167 Å². The van der Waals surface area contributed by atoms with Crippen LogP contribution in [0.3, 0.4) is 0 Å². The number of hydrogen-bond acceptors (Lipinski definition) is 5. The number of nitrogens with zero attached hydrogens (tertiary/aromatic N) is 3. The Hall–Kier alpha value is -2.94. The molecule has 2 bridgehead atoms. The largest absolute Gasteiger partial charge is 0.394 e. The number of aliphatic hydroxyl groups is 1. The van der Waals surface area contributed by atoms with Gasteiger partial charge in [0.15, 0.2) is 0 Å². The SMILES string of the molecule is CC(=O)N1C[C@H]2C[C@@H](C1)[C@H](C(=O)N[C@H](CO)Cc1cnc[nH]1)n1c2cccc1=O. The Morgan fingerprint density at radius 3 is 2.90 bits per heavy atom. The number of piperidine rings is 1. The maximum absolute atomic E-state index is 13.3. The topological polar surface area (TPSA) is 120 Å². The first kappa shape index (κ1) is 19.4. The number of nitrogens with one attached hydrogen (secondary N) is 2. The lowest BCUT2D eigenvalue weighted by Gasteiger charge is -2.46. The molecular formula is C20H25N5O4. The molecule has 0 radical (unpaired) electrons. The fourth-order valence-corrected chi connectivity index (χ4v) is 4.64. The summed E-state index contributed by atoms with van der Waals surface area (Å²) in [6, 6.07) is 3.80. The van der Waals surface area contributed by atoms with Gasteiger partial charge in [0.05, 0.1) is 19.0 Å². The molecule has 2 aliphatic heterocycles. The smallest absolute Gasteiger partial charge is 0.251 e. The molecule has 1 fully saturated rings. The first-order valence-corrected chi connectivity index (χ1v) is 9.83. The minimum atomic E-state index is -0.715. The highest BCUT2D eigenvalue weighted by Gasteiger charge is 2.44. The lowest BCUT2D eigenvalue weighted by molar-refractivity contribution is -0.136. The van der Waals surface area contributed by atoms with Gasteiger partial charge in [-0.15, -0.1) is 0 Å². The van der Waals surface area contributed by atoms with Crippen molar-refractivity contribution in [3.8, 4) is 0 Å². The summed E-state index contributed by atoms with van der Waals surface area (Å²) in [5.74, 6) is -0.462. The molecule has 0 saturated carbocycles. The number of carbonyl (C=O) groups excluding carboxylic acids is 2. The number of aromatic amines is 1. The van der Waals surface area contributed by atoms with Gasteiger partial charge in [-0.3, -0.25) is 19.0 Å². The molecule has 2 amide bonds. The molecule has 0 aliphatic carbocycles. The predicted molar refractivity (Wildman–Crippen MR) is 104 cm³/mol. The van der Waals surface area contributed by atoms with Crippen LogP contribution in [-0.4, -0.2) is 62.1 Å². The Kier molecular flexibility index (Phi) is 5.23. The van der Waals surface area contributed by atoms with E-state index in [9.17, 15) is 19.5 Å². The summed E-state index contributed by atoms with van der Waals surface area (Å²) in [5.41, 5.74) is 1.36. The highest BCUT2D eigenvalue weighted by Crippen LogP contribution is 2.41. The molecule has 3 N–H and O–H groups in total. The molecule has 9 nitrogen and oxygen atoms in total. The number of H-pyrrole nitrogens is 1. The summed E-state index contributed by atoms with van der Waals surface area (Å²) >= 11 is 0. The summed E-state index contributed by atoms with van der Waals surface area (Å²) < 4.78 is 1.58. The molecule has 4 atom stereocenters. The Balaban J connectivity index is 1.64. The second kappa shape index (κ2) is 7.82. The number of fused-ring (bicyclic) bond motifs is 4. The lowest BCUT2D eigenvalue weighted by atomic mass is 9.78. The molecule has 0 aromatic carbocycles. The van der Waals surface area contributed by atoms with Gasteiger partial charge in [-0.25, -0.2) is 4.98 Å². The fourth-order valence-electron chi connectivity index (χ4n) is 4.64. The zero-order chi connectivity index (χ0) is 20.5. The summed E-state index contributed by atoms with van der Waals surface area (Å²) in [6.45, 7) is 2.29. The summed E-state index contributed by atoms with van der Waals surface area (Å²) in [4.78, 5) is 46.6. The van der Waals surface area contributed by atoms with Crippen LogP contribution in [0.25, 0.3) is 0 Å². The van der Waals surface area contributed by atoms with E-state index in [1.807, 2.05) is 6.07 Å². The van der Waals surface area contributed by atoms with Crippen molar-refractivity contribution in [2.75, 3.05) is 19.7 Å². The van der Waals surface area contributed by atoms with E-state index in [2.05, 4.69) is 15.3 Å². The van der Waals surface area contributed by atoms with Crippen molar-refractivity contribution in [2.24, 2.45) is 5.92 Å². The Bertz CT molecular complexity index is 954. The molecule has 154 valence electrons. The number of aliphatic hydroxyl groups excluding tert-OH is 1. The van der Waals surface area contributed by atoms with Gasteiger partial charge in [-0.05, 0) is 12.5 Å². The molecule has 9 heteroatoms. The van der Waals surface area contributed by atoms with Crippen LogP contribution in [0.1, 0.15) is 36.7 Å². The maximum atomic E-state index is 13.3. The first-order chi connectivity index (χ1) is 14.0. The van der Waals surface area contributed by atoms with Crippen molar-refractivity contribution in [1.29, 1.82) is 0 Å². The molecule has 2 aromatic rings. The van der Waals surface area contributed by atoms with E-state index in [0.29, 0.717) is 19.5 Å². The summed E-state index contributed by atoms with van der Waals surface area (Å²) in [5, 5.41) is 12.6. The number of pyridine rings is 1. The Morgan fingerprint density at radius 1 is 1.38 bits per heavy atom. The van der Waals surface area contributed by atoms with Crippen LogP contribution in [0.4, 0.5) is 0 Å². The molecule has 2 aromatic heterocycles. The monoisotopic (exact) mass is 399 g/mol. The van der Waals surface area contributed by atoms with Gasteiger partial charge in [0.2, 0.25) is 11.8 Å². The summed E-state index contributed by atoms with van der Waals surface area (Å²) in [6.07, 6.45) is 4.33. The first-order valence-electron chi connectivity index (χ1n) is 9.83. The third-order valence-electron chi connectivity index (χ3n) is 5.95. The molecule has 29 heavy (non-hydrogen) atoms. The van der Waals surface area contributed by atoms with E-state index >= 15 is 0 Å². The van der Waals surface area contributed by atoms with Crippen LogP contribution in [0, 0.1) is 5.92 Å². The average molecular weight is 399 g/mol. The van der Waals surface area contributed by atoms with E-state index in [0.717, 1.165) is 17.8 Å². The van der Waals surface area contributed by atoms with Crippen LogP contribution in [-0.2, 0) is 16.0 Å². The van der Waals surface area contributed by atoms with Crippen LogP contribution < -0.4 is 10.9 Å². The number of amides is 2. The van der Waals surface area contributed by atoms with Gasteiger partial charge in [0, 0.05) is 61.9 Å². The van der Waals surface area contributed by atoms with Gasteiger partial charge in [0.1, 0.15) is 6.04 Å². The number of rotatable bonds is 5. The zero-order valence-electron chi connectivity index (χ0n) is 16.2. The molecule has 0 unspecified atom stereocenters. The minimum Gasteiger partial charge on any atom is -0.394 e. The van der Waals surface area contributed by atoms with Crippen LogP contribution >= 0.6 is 0 Å². The predicted octanol–water partition coefficient (Wildman–Crippen LogP) is -0.202. The molecule has 0 spiro atoms. The second-order valence-electron chi connectivity index (χ2n) is 7.89. The normalized spacial score (nSPS) is 23.9. The third-order valence-corrected chi connectivity index (χ3v) is 5.95. The van der Waals surface area contributed by atoms with E-state index in [-0.39, 0.29) is 35.8 Å². The molecular weight excluding hydrogens is 374 g/mol. The van der Waals surface area contributed by atoms with Crippen molar-refractivity contribution in [3.05, 3.63) is 52.5 Å². The zero-order valence-corrected chi connectivity index (χ0v) is 16.2. The van der Waals surface area contributed by atoms with Crippen LogP contribution in [0.5, 0.6) is 0 Å². The molecule has 1 saturated heterocycles. The minimum absolute atomic E-state index is 0.0296. The van der Waals surface area contributed by atoms with E-state index in [4.69, 9.17) is 0 Å². The van der Waals surface area contributed by atoms with Crippen molar-refractivity contribution in [3.63, 3.8) is 0 Å². The highest BCUT2D eigenvalue weighted by molar-refractivity contribution is 5.82. The number of aromatic nitrogens is 3. The van der Waals surface area contributed by atoms with Crippen LogP contribution in [0.15, 0.2) is 35.5 Å². The molecule has 2 aliphatic rings. The van der Waals surface area contributed by atoms with Gasteiger partial charge in [-0.1, -0.05) is 6.07 Å².